The van der Waals surface area contributed by atoms with Gasteiger partial charge < -0.3 is 14.2 Å². The Morgan fingerprint density at radius 3 is 2.64 bits per heavy atom. The maximum Gasteiger partial charge on any atom is 0.166 e. The highest BCUT2D eigenvalue weighted by Crippen LogP contribution is 2.21. The maximum absolute atomic E-state index is 11.0. The van der Waals surface area contributed by atoms with Gasteiger partial charge in [-0.05, 0) is 13.8 Å². The third-order valence-electron chi connectivity index (χ3n) is 2.18. The van der Waals surface area contributed by atoms with Crippen molar-refractivity contribution in [1.29, 1.82) is 0 Å². The van der Waals surface area contributed by atoms with E-state index in [1.807, 2.05) is 13.8 Å². The van der Waals surface area contributed by atoms with E-state index in [0.29, 0.717) is 19.6 Å². The van der Waals surface area contributed by atoms with Gasteiger partial charge in [0.2, 0.25) is 0 Å². The first kappa shape index (κ1) is 11.6. The first-order valence-corrected chi connectivity index (χ1v) is 4.94. The highest BCUT2D eigenvalue weighted by Gasteiger charge is 2.40. The van der Waals surface area contributed by atoms with Crippen molar-refractivity contribution < 1.29 is 19.0 Å². The number of hydrogen-bond donors (Lipinski definition) is 0. The Kier molecular flexibility index (Phi) is 4.51. The SMILES string of the molecule is COC1C(=O)CC1OCCOC(C)C. The zero-order chi connectivity index (χ0) is 10.6. The molecule has 0 aromatic rings. The fraction of sp³-hybridized carbons (Fsp3) is 0.900. The lowest BCUT2D eigenvalue weighted by molar-refractivity contribution is -0.163. The highest BCUT2D eigenvalue weighted by molar-refractivity contribution is 5.90. The summed E-state index contributed by atoms with van der Waals surface area (Å²) in [6.45, 7) is 5.05. The normalized spacial score (nSPS) is 26.7. The van der Waals surface area contributed by atoms with Gasteiger partial charge in [0.05, 0.1) is 25.4 Å². The highest BCUT2D eigenvalue weighted by atomic mass is 16.6. The van der Waals surface area contributed by atoms with Gasteiger partial charge in [0.15, 0.2) is 5.78 Å². The summed E-state index contributed by atoms with van der Waals surface area (Å²) in [7, 11) is 1.53. The van der Waals surface area contributed by atoms with Gasteiger partial charge in [0.25, 0.3) is 0 Å². The minimum Gasteiger partial charge on any atom is -0.376 e. The van der Waals surface area contributed by atoms with Gasteiger partial charge in [-0.25, -0.2) is 0 Å². The number of Topliss-reactive ketones (excluding diaryl/α,β-unsaturated/α-hetero) is 1. The molecule has 1 saturated carbocycles. The Bertz CT molecular complexity index is 191. The van der Waals surface area contributed by atoms with Crippen molar-refractivity contribution in [3.8, 4) is 0 Å². The second kappa shape index (κ2) is 5.44. The number of carbonyl (C=O) groups excluding carboxylic acids is 1. The van der Waals surface area contributed by atoms with E-state index in [4.69, 9.17) is 14.2 Å². The number of ketones is 1. The third kappa shape index (κ3) is 3.04. The maximum atomic E-state index is 11.0. The van der Waals surface area contributed by atoms with Crippen molar-refractivity contribution in [3.63, 3.8) is 0 Å². The summed E-state index contributed by atoms with van der Waals surface area (Å²) in [6.07, 6.45) is 0.275. The van der Waals surface area contributed by atoms with Crippen LogP contribution in [0.25, 0.3) is 0 Å². The van der Waals surface area contributed by atoms with Crippen molar-refractivity contribution in [2.45, 2.75) is 38.6 Å². The van der Waals surface area contributed by atoms with Crippen molar-refractivity contribution >= 4 is 5.78 Å². The Morgan fingerprint density at radius 2 is 2.14 bits per heavy atom. The Labute approximate surface area is 84.5 Å². The van der Waals surface area contributed by atoms with Crippen LogP contribution in [0.15, 0.2) is 0 Å². The molecular formula is C10H18O4. The molecule has 1 aliphatic carbocycles. The van der Waals surface area contributed by atoms with Crippen LogP contribution in [-0.2, 0) is 19.0 Å². The van der Waals surface area contributed by atoms with E-state index < -0.39 is 0 Å². The Morgan fingerprint density at radius 1 is 1.43 bits per heavy atom. The summed E-state index contributed by atoms with van der Waals surface area (Å²) in [5.74, 6) is 0.127. The molecule has 0 heterocycles. The van der Waals surface area contributed by atoms with Gasteiger partial charge in [0, 0.05) is 13.5 Å². The molecule has 4 heteroatoms. The number of hydrogen-bond acceptors (Lipinski definition) is 4. The summed E-state index contributed by atoms with van der Waals surface area (Å²) in [6, 6.07) is 0. The summed E-state index contributed by atoms with van der Waals surface area (Å²) in [4.78, 5) is 11.0. The number of carbonyl (C=O) groups is 1. The average molecular weight is 202 g/mol. The zero-order valence-electron chi connectivity index (χ0n) is 8.99. The smallest absolute Gasteiger partial charge is 0.166 e. The fourth-order valence-corrected chi connectivity index (χ4v) is 1.38. The van der Waals surface area contributed by atoms with Crippen LogP contribution in [0.3, 0.4) is 0 Å². The molecule has 1 rings (SSSR count). The molecule has 1 aliphatic rings. The molecule has 2 unspecified atom stereocenters. The lowest BCUT2D eigenvalue weighted by Crippen LogP contribution is -2.50. The van der Waals surface area contributed by atoms with Gasteiger partial charge in [0.1, 0.15) is 6.10 Å². The molecule has 0 N–H and O–H groups in total. The second-order valence-corrected chi connectivity index (χ2v) is 3.66. The van der Waals surface area contributed by atoms with Crippen LogP contribution in [0.1, 0.15) is 20.3 Å². The molecule has 0 saturated heterocycles. The predicted octanol–water partition coefficient (Wildman–Crippen LogP) is 0.784. The number of rotatable bonds is 6. The summed E-state index contributed by atoms with van der Waals surface area (Å²) in [5, 5.41) is 0. The van der Waals surface area contributed by atoms with E-state index in [-0.39, 0.29) is 24.1 Å². The Hall–Kier alpha value is -0.450. The van der Waals surface area contributed by atoms with E-state index in [1.165, 1.54) is 7.11 Å². The summed E-state index contributed by atoms with van der Waals surface area (Å²) >= 11 is 0. The molecule has 0 aromatic heterocycles. The van der Waals surface area contributed by atoms with Crippen molar-refractivity contribution in [2.24, 2.45) is 0 Å². The van der Waals surface area contributed by atoms with Gasteiger partial charge in [-0.1, -0.05) is 0 Å². The van der Waals surface area contributed by atoms with Gasteiger partial charge in [-0.15, -0.1) is 0 Å². The van der Waals surface area contributed by atoms with E-state index in [0.717, 1.165) is 0 Å². The minimum absolute atomic E-state index is 0.0664. The molecule has 0 radical (unpaired) electrons. The van der Waals surface area contributed by atoms with Crippen LogP contribution < -0.4 is 0 Å². The lowest BCUT2D eigenvalue weighted by Gasteiger charge is -2.33. The van der Waals surface area contributed by atoms with Crippen LogP contribution in [0, 0.1) is 0 Å². The van der Waals surface area contributed by atoms with E-state index in [1.54, 1.807) is 0 Å². The van der Waals surface area contributed by atoms with Crippen molar-refractivity contribution in [3.05, 3.63) is 0 Å². The molecule has 2 atom stereocenters. The van der Waals surface area contributed by atoms with Gasteiger partial charge in [-0.3, -0.25) is 4.79 Å². The zero-order valence-corrected chi connectivity index (χ0v) is 8.99. The van der Waals surface area contributed by atoms with Crippen LogP contribution >= 0.6 is 0 Å². The van der Waals surface area contributed by atoms with Crippen molar-refractivity contribution in [1.82, 2.24) is 0 Å². The third-order valence-corrected chi connectivity index (χ3v) is 2.18. The standard InChI is InChI=1S/C10H18O4/c1-7(2)13-4-5-14-9-6-8(11)10(9)12-3/h7,9-10H,4-6H2,1-3H3. The minimum atomic E-state index is -0.353. The number of ether oxygens (including phenoxy) is 3. The molecule has 0 aliphatic heterocycles. The Balaban J connectivity index is 2.05. The van der Waals surface area contributed by atoms with Crippen LogP contribution in [0.4, 0.5) is 0 Å². The summed E-state index contributed by atoms with van der Waals surface area (Å²) in [5.41, 5.74) is 0. The van der Waals surface area contributed by atoms with Gasteiger partial charge in [-0.2, -0.15) is 0 Å². The molecule has 0 amide bonds. The van der Waals surface area contributed by atoms with Crippen LogP contribution in [-0.4, -0.2) is 44.4 Å². The lowest BCUT2D eigenvalue weighted by atomic mass is 9.90. The average Bonchev–Trinajstić information content (AvgIpc) is 2.10. The monoisotopic (exact) mass is 202 g/mol. The number of methoxy groups -OCH3 is 1. The van der Waals surface area contributed by atoms with Crippen molar-refractivity contribution in [2.75, 3.05) is 20.3 Å². The fourth-order valence-electron chi connectivity index (χ4n) is 1.38. The molecular weight excluding hydrogens is 184 g/mol. The molecule has 0 bridgehead atoms. The quantitative estimate of drug-likeness (QED) is 0.597. The topological polar surface area (TPSA) is 44.8 Å². The molecule has 1 fully saturated rings. The predicted molar refractivity (Wildman–Crippen MR) is 51.2 cm³/mol. The van der Waals surface area contributed by atoms with E-state index in [2.05, 4.69) is 0 Å². The first-order valence-electron chi connectivity index (χ1n) is 4.94. The van der Waals surface area contributed by atoms with Gasteiger partial charge >= 0.3 is 0 Å². The van der Waals surface area contributed by atoms with E-state index in [9.17, 15) is 4.79 Å². The van der Waals surface area contributed by atoms with Crippen LogP contribution in [0.5, 0.6) is 0 Å². The molecule has 14 heavy (non-hydrogen) atoms. The second-order valence-electron chi connectivity index (χ2n) is 3.66. The van der Waals surface area contributed by atoms with E-state index >= 15 is 0 Å². The summed E-state index contributed by atoms with van der Waals surface area (Å²) < 4.78 is 15.7. The molecule has 0 spiro atoms. The van der Waals surface area contributed by atoms with Crippen LogP contribution in [0.2, 0.25) is 0 Å². The molecule has 82 valence electrons. The largest absolute Gasteiger partial charge is 0.376 e. The molecule has 4 nitrogen and oxygen atoms in total. The molecule has 0 aromatic carbocycles. The first-order chi connectivity index (χ1) is 6.65.